The number of imidazole rings is 1. The molecule has 2 aromatic rings. The minimum Gasteiger partial charge on any atom is -0.664 e. The van der Waals surface area contributed by atoms with E-state index in [9.17, 15) is 53.2 Å². The van der Waals surface area contributed by atoms with E-state index in [4.69, 9.17) is 68.5 Å². The largest absolute Gasteiger partial charge is 2.00 e. The van der Waals surface area contributed by atoms with Crippen LogP contribution in [0.3, 0.4) is 0 Å². The molecular weight excluding hydrogens is 1260 g/mol. The van der Waals surface area contributed by atoms with Gasteiger partial charge in [0.25, 0.3) is 0 Å². The van der Waals surface area contributed by atoms with Crippen molar-refractivity contribution in [3.63, 3.8) is 0 Å². The number of allylic oxidation sites excluding steroid dienone is 6. The monoisotopic (exact) mass is 1360 g/mol. The summed E-state index contributed by atoms with van der Waals surface area (Å²) < 4.78 is 32.6. The fraction of sp³-hybridized carbons (Fsp3) is 0.625. The number of amides is 7. The Kier molecular flexibility index (Phi) is 23.1. The second kappa shape index (κ2) is 28.4. The van der Waals surface area contributed by atoms with Gasteiger partial charge in [-0.3, -0.25) is 57.6 Å². The predicted octanol–water partition coefficient (Wildman–Crippen LogP) is 4.79. The van der Waals surface area contributed by atoms with Gasteiger partial charge in [-0.25, -0.2) is 9.55 Å². The number of phosphoric ester groups is 1. The first-order valence-corrected chi connectivity index (χ1v) is 32.5. The van der Waals surface area contributed by atoms with Crippen LogP contribution >= 0.6 is 7.82 Å². The Hall–Kier alpha value is -6.49. The van der Waals surface area contributed by atoms with Crippen molar-refractivity contribution in [2.24, 2.45) is 94.7 Å². The molecule has 0 saturated carbocycles. The number of phosphoric acid groups is 1. The van der Waals surface area contributed by atoms with Crippen LogP contribution in [0, 0.1) is 66.6 Å². The molecule has 1 aromatic heterocycles. The van der Waals surface area contributed by atoms with Gasteiger partial charge in [0.2, 0.25) is 41.4 Å². The van der Waals surface area contributed by atoms with Gasteiger partial charge in [-0.2, -0.15) is 5.70 Å². The van der Waals surface area contributed by atoms with E-state index in [1.807, 2.05) is 80.5 Å². The van der Waals surface area contributed by atoms with Crippen LogP contribution in [0.4, 0.5) is 0 Å². The molecule has 8 bridgehead atoms. The van der Waals surface area contributed by atoms with Crippen molar-refractivity contribution in [1.82, 2.24) is 14.9 Å². The van der Waals surface area contributed by atoms with Crippen molar-refractivity contribution in [3.05, 3.63) is 76.6 Å². The van der Waals surface area contributed by atoms with Crippen LogP contribution in [0.25, 0.3) is 16.4 Å². The van der Waals surface area contributed by atoms with Crippen molar-refractivity contribution >= 4 is 77.3 Å². The van der Waals surface area contributed by atoms with Crippen molar-refractivity contribution in [1.29, 1.82) is 0 Å². The summed E-state index contributed by atoms with van der Waals surface area (Å²) in [5.74, 6) is -7.33. The number of ether oxygens (including phenoxy) is 1. The first-order valence-electron chi connectivity index (χ1n) is 31.0. The van der Waals surface area contributed by atoms with Crippen LogP contribution in [0.15, 0.2) is 67.8 Å². The van der Waals surface area contributed by atoms with Gasteiger partial charge in [-0.15, -0.1) is 5.70 Å². The van der Waals surface area contributed by atoms with E-state index >= 15 is 0 Å². The van der Waals surface area contributed by atoms with Gasteiger partial charge in [0.1, 0.15) is 18.4 Å². The predicted molar refractivity (Wildman–Crippen MR) is 345 cm³/mol. The quantitative estimate of drug-likeness (QED) is 0.0447. The molecule has 8 rings (SSSR count). The molecule has 29 heteroatoms. The molecule has 7 amide bonds. The van der Waals surface area contributed by atoms with Crippen molar-refractivity contribution in [2.75, 3.05) is 13.2 Å². The molecule has 27 nitrogen and oxygen atoms in total. The van der Waals surface area contributed by atoms with E-state index in [1.165, 1.54) is 6.92 Å². The normalized spacial score (nSPS) is 33.4. The third-order valence-electron chi connectivity index (χ3n) is 20.7. The molecule has 15 atom stereocenters. The third-order valence-corrected chi connectivity index (χ3v) is 21.9. The van der Waals surface area contributed by atoms with Gasteiger partial charge < -0.3 is 76.9 Å². The van der Waals surface area contributed by atoms with E-state index in [0.717, 1.165) is 16.6 Å². The minimum atomic E-state index is -5.05. The molecular formula is C64H94CoN13O14P. The van der Waals surface area contributed by atoms with Crippen LogP contribution in [0.1, 0.15) is 157 Å². The summed E-state index contributed by atoms with van der Waals surface area (Å²) in [6, 6.07) is 2.80. The number of rotatable bonds is 26. The minimum absolute atomic E-state index is 0. The number of aryl methyl sites for hydroxylation is 2. The first-order chi connectivity index (χ1) is 42.3. The van der Waals surface area contributed by atoms with Gasteiger partial charge in [-0.1, -0.05) is 40.7 Å². The Balaban J connectivity index is 0.00000686. The number of benzene rings is 1. The van der Waals surface area contributed by atoms with Gasteiger partial charge in [0.15, 0.2) is 0 Å². The average Bonchev–Trinajstić information content (AvgIpc) is 1.53. The second-order valence-corrected chi connectivity index (χ2v) is 28.7. The molecule has 1 radical (unpaired) electrons. The molecule has 16 N–H and O–H groups in total. The maximum absolute atomic E-state index is 14.4. The fourth-order valence-electron chi connectivity index (χ4n) is 15.5. The number of fused-ring (bicyclic) bond motifs is 7. The number of nitrogens with one attached hydrogen (secondary N) is 1. The Morgan fingerprint density at radius 1 is 0.817 bits per heavy atom. The number of nitrogens with two attached hydrogens (primary N) is 6. The maximum Gasteiger partial charge on any atom is 2.00 e. The molecule has 1 aromatic carbocycles. The molecule has 2 fully saturated rings. The summed E-state index contributed by atoms with van der Waals surface area (Å²) in [5, 5.41) is 29.9. The molecule has 0 spiro atoms. The second-order valence-electron chi connectivity index (χ2n) is 27.4. The Morgan fingerprint density at radius 2 is 1.41 bits per heavy atom. The SMILES string of the molecule is C/C1=C2N=C(/C=C3\[N-]/C(=C(/C)C4=N[C@@](C)([C@@H]5N=C1[C@](C)(CCC(=O)NC[C@@H](C)OP(=O)(O)OC1C(O)CC(n6cnc7cc(C)c(C)cc76)O[C@@H]1CO)[C@H]5CC(N)=O)[C@@](C)(CC(N)=O)[C@@H]4CCC(N)=O)[C@@](C)(CC(N)=O)[C@@H]3CCC(N)=O)C(C)(C)[C@@H]/2CCC(N)=O.[CH3-].[Co+2]. The standard InChI is InChI=1S/C63H92N13O14P.CH3.Co/c1-30-20-40-41(21-31(30)2)76(29-71-40)52-24-42(78)55(43(28-77)88-52)90-91(86,87)89-32(3)27-70-51(85)18-19-60(8)38(22-48(67)82)58-63(11)62(10,26-50(69)84)37(14-17-47(66)81)54(75-63)34(5)57-61(9,25-49(68)83)35(12-15-45(64)79)39(72-57)23-44-59(6,7)36(13-16-46(65)80)53(73-44)33(4)56(60)74-58;;/h20-21,23,29,32,35-38,42-43,52,55,58,77-78H,12-19,22,24-28H2,1-11H3,(H15,64,65,66,67,68,69,70,72,73,74,75,79,80,81,82,83,84,85,86,87);1H3;/q;-1;+2/p-1/t32-,35-,36-,37-,38+,42?,43-,52?,55?,58-,60-,61+,62+,63+;;/m1../s1. The van der Waals surface area contributed by atoms with Crippen molar-refractivity contribution < 1.29 is 83.8 Å². The van der Waals surface area contributed by atoms with E-state index in [-0.39, 0.29) is 108 Å². The summed E-state index contributed by atoms with van der Waals surface area (Å²) in [6.45, 7) is 19.2. The molecule has 6 aliphatic rings. The summed E-state index contributed by atoms with van der Waals surface area (Å²) in [4.78, 5) is 126. The maximum atomic E-state index is 14.4. The Bertz CT molecular complexity index is 3560. The molecule has 7 heterocycles. The van der Waals surface area contributed by atoms with Crippen molar-refractivity contribution in [2.45, 2.75) is 195 Å². The number of aliphatic imine (C=N–C) groups is 3. The van der Waals surface area contributed by atoms with Crippen molar-refractivity contribution in [3.8, 4) is 0 Å². The van der Waals surface area contributed by atoms with Gasteiger partial charge in [0, 0.05) is 115 Å². The molecule has 513 valence electrons. The average molecular weight is 1360 g/mol. The van der Waals surface area contributed by atoms with Gasteiger partial charge in [0.05, 0.1) is 47.8 Å². The van der Waals surface area contributed by atoms with Crippen LogP contribution in [0.5, 0.6) is 0 Å². The third kappa shape index (κ3) is 14.8. The molecule has 0 aliphatic carbocycles. The van der Waals surface area contributed by atoms with Crippen LogP contribution in [-0.2, 0) is 68.7 Å². The number of carbonyl (C=O) groups excluding carboxylic acids is 7. The Morgan fingerprint density at radius 3 is 1.99 bits per heavy atom. The number of carbonyl (C=O) groups is 7. The number of aliphatic hydroxyl groups excluding tert-OH is 2. The van der Waals surface area contributed by atoms with Crippen LogP contribution in [0.2, 0.25) is 0 Å². The summed E-state index contributed by atoms with van der Waals surface area (Å²) >= 11 is 0. The molecule has 6 aliphatic heterocycles. The number of primary amides is 6. The summed E-state index contributed by atoms with van der Waals surface area (Å²) in [7, 11) is -5.05. The smallest absolute Gasteiger partial charge is 0.664 e. The number of hydrogen-bond acceptors (Lipinski definition) is 17. The van der Waals surface area contributed by atoms with Gasteiger partial charge in [-0.05, 0) is 113 Å². The van der Waals surface area contributed by atoms with Crippen LogP contribution < -0.4 is 39.7 Å². The summed E-state index contributed by atoms with van der Waals surface area (Å²) in [6.07, 6.45) is -3.90. The number of nitrogens with zero attached hydrogens (tertiary/aromatic N) is 6. The number of aromatic nitrogens is 2. The topological polar surface area (TPSA) is 462 Å². The Labute approximate surface area is 553 Å². The first kappa shape index (κ1) is 75.5. The van der Waals surface area contributed by atoms with Gasteiger partial charge >= 0.3 is 24.6 Å². The van der Waals surface area contributed by atoms with Crippen LogP contribution in [-0.4, -0.2) is 132 Å². The van der Waals surface area contributed by atoms with E-state index < -0.39 is 143 Å². The zero-order valence-electron chi connectivity index (χ0n) is 55.2. The number of aliphatic hydroxyl groups is 2. The van der Waals surface area contributed by atoms with E-state index in [1.54, 1.807) is 17.8 Å². The fourth-order valence-corrected chi connectivity index (χ4v) is 16.7. The van der Waals surface area contributed by atoms with E-state index in [0.29, 0.717) is 50.9 Å². The molecule has 2 saturated heterocycles. The molecule has 4 unspecified atom stereocenters. The summed E-state index contributed by atoms with van der Waals surface area (Å²) in [5.41, 5.74) is 37.1. The molecule has 93 heavy (non-hydrogen) atoms. The zero-order chi connectivity index (χ0) is 67.4. The number of hydrogen-bond donors (Lipinski definition) is 10. The zero-order valence-corrected chi connectivity index (χ0v) is 57.2. The van der Waals surface area contributed by atoms with E-state index in [2.05, 4.69) is 10.3 Å².